The normalized spacial score (nSPS) is 14.6. The second-order valence-corrected chi connectivity index (χ2v) is 6.20. The smallest absolute Gasteiger partial charge is 0.0322 e. The number of benzene rings is 1. The molecule has 0 saturated heterocycles. The maximum Gasteiger partial charge on any atom is 0.0322 e. The van der Waals surface area contributed by atoms with Gasteiger partial charge in [-0.2, -0.15) is 0 Å². The van der Waals surface area contributed by atoms with Gasteiger partial charge in [-0.15, -0.1) is 0 Å². The predicted octanol–water partition coefficient (Wildman–Crippen LogP) is 4.97. The maximum atomic E-state index is 3.62. The van der Waals surface area contributed by atoms with Crippen LogP contribution in [0.3, 0.4) is 0 Å². The van der Waals surface area contributed by atoms with Gasteiger partial charge in [0, 0.05) is 6.04 Å². The summed E-state index contributed by atoms with van der Waals surface area (Å²) < 4.78 is 0. The van der Waals surface area contributed by atoms with Gasteiger partial charge in [0.15, 0.2) is 0 Å². The summed E-state index contributed by atoms with van der Waals surface area (Å²) in [5, 5.41) is 3.62. The molecule has 108 valence electrons. The van der Waals surface area contributed by atoms with E-state index >= 15 is 0 Å². The van der Waals surface area contributed by atoms with Crippen LogP contribution in [0.4, 0.5) is 0 Å². The van der Waals surface area contributed by atoms with E-state index in [1.807, 2.05) is 0 Å². The van der Waals surface area contributed by atoms with E-state index in [1.54, 1.807) is 0 Å². The molecule has 0 radical (unpaired) electrons. The Bertz CT molecular complexity index is 339. The molecule has 0 saturated carbocycles. The Labute approximate surface area is 119 Å². The van der Waals surface area contributed by atoms with Crippen LogP contribution in [0.5, 0.6) is 0 Å². The fraction of sp³-hybridized carbons (Fsp3) is 0.667. The third-order valence-corrected chi connectivity index (χ3v) is 3.81. The van der Waals surface area contributed by atoms with Crippen molar-refractivity contribution in [1.29, 1.82) is 0 Å². The fourth-order valence-electron chi connectivity index (χ4n) is 2.51. The standard InChI is InChI=1S/C18H31N/c1-6-15(5)13-18(19-7-2)17-10-8-16(9-11-17)12-14(3)4/h8-11,14-15,18-19H,6-7,12-13H2,1-5H3. The van der Waals surface area contributed by atoms with Crippen molar-refractivity contribution in [3.63, 3.8) is 0 Å². The molecule has 1 N–H and O–H groups in total. The van der Waals surface area contributed by atoms with Gasteiger partial charge in [0.2, 0.25) is 0 Å². The van der Waals surface area contributed by atoms with Gasteiger partial charge in [0.25, 0.3) is 0 Å². The first-order chi connectivity index (χ1) is 9.06. The number of nitrogens with one attached hydrogen (secondary N) is 1. The van der Waals surface area contributed by atoms with Crippen LogP contribution in [-0.2, 0) is 6.42 Å². The summed E-state index contributed by atoms with van der Waals surface area (Å²) in [5.74, 6) is 1.51. The van der Waals surface area contributed by atoms with Crippen molar-refractivity contribution in [3.8, 4) is 0 Å². The molecule has 0 aromatic heterocycles. The SMILES string of the molecule is CCNC(CC(C)CC)c1ccc(CC(C)C)cc1. The molecule has 0 amide bonds. The number of hydrogen-bond donors (Lipinski definition) is 1. The van der Waals surface area contributed by atoms with E-state index in [9.17, 15) is 0 Å². The summed E-state index contributed by atoms with van der Waals surface area (Å²) in [4.78, 5) is 0. The topological polar surface area (TPSA) is 12.0 Å². The lowest BCUT2D eigenvalue weighted by atomic mass is 9.93. The largest absolute Gasteiger partial charge is 0.310 e. The van der Waals surface area contributed by atoms with Crippen molar-refractivity contribution in [2.75, 3.05) is 6.54 Å². The molecule has 19 heavy (non-hydrogen) atoms. The molecule has 0 heterocycles. The summed E-state index contributed by atoms with van der Waals surface area (Å²) in [7, 11) is 0. The first-order valence-corrected chi connectivity index (χ1v) is 7.89. The molecule has 2 unspecified atom stereocenters. The third-order valence-electron chi connectivity index (χ3n) is 3.81. The zero-order valence-corrected chi connectivity index (χ0v) is 13.4. The third kappa shape index (κ3) is 5.78. The summed E-state index contributed by atoms with van der Waals surface area (Å²) in [6.45, 7) is 12.4. The van der Waals surface area contributed by atoms with Gasteiger partial charge in [0.1, 0.15) is 0 Å². The molecule has 0 bridgehead atoms. The second-order valence-electron chi connectivity index (χ2n) is 6.20. The average molecular weight is 261 g/mol. The summed E-state index contributed by atoms with van der Waals surface area (Å²) in [6.07, 6.45) is 3.67. The van der Waals surface area contributed by atoms with Gasteiger partial charge in [-0.25, -0.2) is 0 Å². The molecule has 1 aromatic carbocycles. The predicted molar refractivity (Wildman–Crippen MR) is 85.5 cm³/mol. The minimum atomic E-state index is 0.507. The van der Waals surface area contributed by atoms with Gasteiger partial charge < -0.3 is 5.32 Å². The van der Waals surface area contributed by atoms with Crippen LogP contribution in [-0.4, -0.2) is 6.54 Å². The molecule has 0 aliphatic heterocycles. The first-order valence-electron chi connectivity index (χ1n) is 7.89. The van der Waals surface area contributed by atoms with Gasteiger partial charge in [0.05, 0.1) is 0 Å². The average Bonchev–Trinajstić information content (AvgIpc) is 2.38. The Balaban J connectivity index is 2.73. The lowest BCUT2D eigenvalue weighted by Gasteiger charge is -2.22. The quantitative estimate of drug-likeness (QED) is 0.696. The van der Waals surface area contributed by atoms with Crippen LogP contribution in [0.1, 0.15) is 64.6 Å². The van der Waals surface area contributed by atoms with E-state index in [0.717, 1.165) is 18.4 Å². The van der Waals surface area contributed by atoms with Crippen molar-refractivity contribution < 1.29 is 0 Å². The molecule has 0 spiro atoms. The molecular weight excluding hydrogens is 230 g/mol. The van der Waals surface area contributed by atoms with E-state index < -0.39 is 0 Å². The Morgan fingerprint density at radius 2 is 1.63 bits per heavy atom. The second kappa shape index (κ2) is 8.37. The lowest BCUT2D eigenvalue weighted by Crippen LogP contribution is -2.22. The van der Waals surface area contributed by atoms with E-state index in [0.29, 0.717) is 6.04 Å². The highest BCUT2D eigenvalue weighted by Gasteiger charge is 2.13. The summed E-state index contributed by atoms with van der Waals surface area (Å²) in [6, 6.07) is 9.74. The van der Waals surface area contributed by atoms with Crippen LogP contribution >= 0.6 is 0 Å². The van der Waals surface area contributed by atoms with Crippen molar-refractivity contribution >= 4 is 0 Å². The van der Waals surface area contributed by atoms with E-state index in [2.05, 4.69) is 64.2 Å². The van der Waals surface area contributed by atoms with E-state index in [-0.39, 0.29) is 0 Å². The Morgan fingerprint density at radius 3 is 2.11 bits per heavy atom. The highest BCUT2D eigenvalue weighted by Crippen LogP contribution is 2.23. The Kier molecular flexibility index (Phi) is 7.15. The molecule has 1 nitrogen and oxygen atoms in total. The Morgan fingerprint density at radius 1 is 1.00 bits per heavy atom. The maximum absolute atomic E-state index is 3.62. The lowest BCUT2D eigenvalue weighted by molar-refractivity contribution is 0.408. The molecule has 0 fully saturated rings. The summed E-state index contributed by atoms with van der Waals surface area (Å²) in [5.41, 5.74) is 2.90. The molecule has 1 rings (SSSR count). The molecule has 0 aliphatic carbocycles. The van der Waals surface area contributed by atoms with Crippen LogP contribution in [0.25, 0.3) is 0 Å². The molecule has 1 heteroatoms. The van der Waals surface area contributed by atoms with Crippen molar-refractivity contribution in [1.82, 2.24) is 5.32 Å². The zero-order valence-electron chi connectivity index (χ0n) is 13.4. The number of rotatable bonds is 8. The van der Waals surface area contributed by atoms with Crippen LogP contribution < -0.4 is 5.32 Å². The highest BCUT2D eigenvalue weighted by molar-refractivity contribution is 5.25. The van der Waals surface area contributed by atoms with E-state index in [4.69, 9.17) is 0 Å². The molecule has 1 aromatic rings. The van der Waals surface area contributed by atoms with Gasteiger partial charge >= 0.3 is 0 Å². The zero-order chi connectivity index (χ0) is 14.3. The van der Waals surface area contributed by atoms with Gasteiger partial charge in [-0.1, -0.05) is 65.3 Å². The number of hydrogen-bond acceptors (Lipinski definition) is 1. The first kappa shape index (κ1) is 16.2. The summed E-state index contributed by atoms with van der Waals surface area (Å²) >= 11 is 0. The van der Waals surface area contributed by atoms with Gasteiger partial charge in [-0.3, -0.25) is 0 Å². The van der Waals surface area contributed by atoms with Crippen molar-refractivity contribution in [3.05, 3.63) is 35.4 Å². The van der Waals surface area contributed by atoms with Crippen LogP contribution in [0, 0.1) is 11.8 Å². The van der Waals surface area contributed by atoms with Gasteiger partial charge in [-0.05, 0) is 42.3 Å². The van der Waals surface area contributed by atoms with Crippen molar-refractivity contribution in [2.45, 2.75) is 59.9 Å². The highest BCUT2D eigenvalue weighted by atomic mass is 14.9. The van der Waals surface area contributed by atoms with E-state index in [1.165, 1.54) is 30.4 Å². The minimum Gasteiger partial charge on any atom is -0.310 e. The molecular formula is C18H31N. The van der Waals surface area contributed by atoms with Crippen LogP contribution in [0.15, 0.2) is 24.3 Å². The Hall–Kier alpha value is -0.820. The van der Waals surface area contributed by atoms with Crippen molar-refractivity contribution in [2.24, 2.45) is 11.8 Å². The minimum absolute atomic E-state index is 0.507. The fourth-order valence-corrected chi connectivity index (χ4v) is 2.51. The molecule has 2 atom stereocenters. The van der Waals surface area contributed by atoms with Crippen LogP contribution in [0.2, 0.25) is 0 Å². The monoisotopic (exact) mass is 261 g/mol. The molecule has 0 aliphatic rings.